The molecular formula is C14H22N2O2. The second-order valence-corrected chi connectivity index (χ2v) is 4.39. The van der Waals surface area contributed by atoms with E-state index in [0.29, 0.717) is 11.3 Å². The Hall–Kier alpha value is -1.55. The number of likely N-dealkylation sites (N-methyl/N-ethyl adjacent to an activating group) is 1. The van der Waals surface area contributed by atoms with Crippen molar-refractivity contribution in [2.75, 3.05) is 25.4 Å². The maximum absolute atomic E-state index is 11.1. The van der Waals surface area contributed by atoms with Gasteiger partial charge in [0.1, 0.15) is 0 Å². The van der Waals surface area contributed by atoms with Crippen molar-refractivity contribution in [1.82, 2.24) is 4.90 Å². The fourth-order valence-corrected chi connectivity index (χ4v) is 2.15. The number of nitrogens with two attached hydrogens (primary N) is 1. The van der Waals surface area contributed by atoms with Crippen molar-refractivity contribution in [2.45, 2.75) is 27.2 Å². The molecule has 0 bridgehead atoms. The molecule has 0 aliphatic rings. The monoisotopic (exact) mass is 250 g/mol. The van der Waals surface area contributed by atoms with Crippen molar-refractivity contribution in [1.29, 1.82) is 0 Å². The summed E-state index contributed by atoms with van der Waals surface area (Å²) in [4.78, 5) is 13.4. The van der Waals surface area contributed by atoms with E-state index in [2.05, 4.69) is 18.7 Å². The maximum Gasteiger partial charge on any atom is 0.335 e. The first-order valence-electron chi connectivity index (χ1n) is 6.34. The smallest absolute Gasteiger partial charge is 0.335 e. The van der Waals surface area contributed by atoms with Gasteiger partial charge < -0.3 is 15.7 Å². The SMILES string of the molecule is CCN(CC)CCc1c(N)ccc(C(=O)O)c1C. The molecule has 0 saturated heterocycles. The largest absolute Gasteiger partial charge is 0.478 e. The summed E-state index contributed by atoms with van der Waals surface area (Å²) in [7, 11) is 0. The number of rotatable bonds is 6. The van der Waals surface area contributed by atoms with Crippen LogP contribution < -0.4 is 5.73 Å². The number of carboxylic acids is 1. The van der Waals surface area contributed by atoms with Crippen LogP contribution in [0.5, 0.6) is 0 Å². The standard InChI is InChI=1S/C14H22N2O2/c1-4-16(5-2)9-8-11-10(3)12(14(17)18)6-7-13(11)15/h6-7H,4-5,8-9,15H2,1-3H3,(H,17,18). The minimum atomic E-state index is -0.892. The summed E-state index contributed by atoms with van der Waals surface area (Å²) in [5, 5.41) is 9.10. The molecule has 100 valence electrons. The van der Waals surface area contributed by atoms with Gasteiger partial charge in [-0.1, -0.05) is 13.8 Å². The summed E-state index contributed by atoms with van der Waals surface area (Å²) >= 11 is 0. The highest BCUT2D eigenvalue weighted by Gasteiger charge is 2.13. The number of carbonyl (C=O) groups is 1. The van der Waals surface area contributed by atoms with Gasteiger partial charge in [0.2, 0.25) is 0 Å². The second kappa shape index (κ2) is 6.40. The molecule has 0 atom stereocenters. The predicted molar refractivity (Wildman–Crippen MR) is 74.0 cm³/mol. The maximum atomic E-state index is 11.1. The van der Waals surface area contributed by atoms with E-state index in [0.717, 1.165) is 37.2 Å². The molecule has 1 aromatic rings. The molecule has 4 heteroatoms. The number of anilines is 1. The minimum Gasteiger partial charge on any atom is -0.478 e. The van der Waals surface area contributed by atoms with Crippen LogP contribution >= 0.6 is 0 Å². The van der Waals surface area contributed by atoms with Crippen LogP contribution in [-0.4, -0.2) is 35.6 Å². The fraction of sp³-hybridized carbons (Fsp3) is 0.500. The topological polar surface area (TPSA) is 66.6 Å². The van der Waals surface area contributed by atoms with Crippen molar-refractivity contribution < 1.29 is 9.90 Å². The molecule has 0 heterocycles. The molecule has 0 saturated carbocycles. The summed E-state index contributed by atoms with van der Waals surface area (Å²) in [6, 6.07) is 3.27. The van der Waals surface area contributed by atoms with E-state index in [1.807, 2.05) is 6.92 Å². The average molecular weight is 250 g/mol. The van der Waals surface area contributed by atoms with Crippen LogP contribution in [0.3, 0.4) is 0 Å². The molecule has 0 aliphatic carbocycles. The number of aromatic carboxylic acids is 1. The molecule has 4 nitrogen and oxygen atoms in total. The first-order valence-corrected chi connectivity index (χ1v) is 6.34. The number of hydrogen-bond donors (Lipinski definition) is 2. The van der Waals surface area contributed by atoms with Crippen LogP contribution in [0.2, 0.25) is 0 Å². The summed E-state index contributed by atoms with van der Waals surface area (Å²) < 4.78 is 0. The Labute approximate surface area is 108 Å². The van der Waals surface area contributed by atoms with Gasteiger partial charge in [0.05, 0.1) is 5.56 Å². The zero-order valence-corrected chi connectivity index (χ0v) is 11.4. The predicted octanol–water partition coefficient (Wildman–Crippen LogP) is 2.16. The molecular weight excluding hydrogens is 228 g/mol. The molecule has 1 rings (SSSR count). The summed E-state index contributed by atoms with van der Waals surface area (Å²) in [6.07, 6.45) is 0.792. The van der Waals surface area contributed by atoms with Crippen molar-refractivity contribution in [2.24, 2.45) is 0 Å². The van der Waals surface area contributed by atoms with Crippen LogP contribution in [0.15, 0.2) is 12.1 Å². The molecule has 0 fully saturated rings. The van der Waals surface area contributed by atoms with Crippen molar-refractivity contribution >= 4 is 11.7 Å². The molecule has 1 aromatic carbocycles. The Morgan fingerprint density at radius 1 is 1.33 bits per heavy atom. The lowest BCUT2D eigenvalue weighted by Crippen LogP contribution is -2.26. The average Bonchev–Trinajstić information content (AvgIpc) is 2.33. The molecule has 18 heavy (non-hydrogen) atoms. The van der Waals surface area contributed by atoms with Crippen LogP contribution in [0.1, 0.15) is 35.3 Å². The molecule has 3 N–H and O–H groups in total. The number of hydrogen-bond acceptors (Lipinski definition) is 3. The Morgan fingerprint density at radius 3 is 2.44 bits per heavy atom. The Kier molecular flexibility index (Phi) is 5.16. The molecule has 0 spiro atoms. The third kappa shape index (κ3) is 3.23. The fourth-order valence-electron chi connectivity index (χ4n) is 2.15. The van der Waals surface area contributed by atoms with Crippen molar-refractivity contribution in [3.05, 3.63) is 28.8 Å². The van der Waals surface area contributed by atoms with Gasteiger partial charge in [-0.2, -0.15) is 0 Å². The van der Waals surface area contributed by atoms with Gasteiger partial charge in [-0.3, -0.25) is 0 Å². The lowest BCUT2D eigenvalue weighted by molar-refractivity contribution is 0.0696. The zero-order valence-electron chi connectivity index (χ0n) is 11.4. The van der Waals surface area contributed by atoms with Gasteiger partial charge in [0.25, 0.3) is 0 Å². The van der Waals surface area contributed by atoms with Gasteiger partial charge in [0, 0.05) is 12.2 Å². The number of carboxylic acid groups (broad SMARTS) is 1. The highest BCUT2D eigenvalue weighted by molar-refractivity contribution is 5.90. The van der Waals surface area contributed by atoms with Crippen LogP contribution in [0.25, 0.3) is 0 Å². The number of nitrogens with zero attached hydrogens (tertiary/aromatic N) is 1. The summed E-state index contributed by atoms with van der Waals surface area (Å²) in [5.74, 6) is -0.892. The van der Waals surface area contributed by atoms with Crippen molar-refractivity contribution in [3.8, 4) is 0 Å². The normalized spacial score (nSPS) is 10.9. The number of benzene rings is 1. The van der Waals surface area contributed by atoms with Gasteiger partial charge in [0.15, 0.2) is 0 Å². The van der Waals surface area contributed by atoms with E-state index >= 15 is 0 Å². The van der Waals surface area contributed by atoms with E-state index in [9.17, 15) is 4.79 Å². The zero-order chi connectivity index (χ0) is 13.7. The van der Waals surface area contributed by atoms with E-state index in [1.54, 1.807) is 12.1 Å². The molecule has 0 radical (unpaired) electrons. The van der Waals surface area contributed by atoms with Gasteiger partial charge in [-0.15, -0.1) is 0 Å². The third-order valence-corrected chi connectivity index (χ3v) is 3.44. The second-order valence-electron chi connectivity index (χ2n) is 4.39. The summed E-state index contributed by atoms with van der Waals surface area (Å²) in [6.45, 7) is 8.96. The summed E-state index contributed by atoms with van der Waals surface area (Å²) in [5.41, 5.74) is 8.73. The molecule has 0 aromatic heterocycles. The van der Waals surface area contributed by atoms with Crippen molar-refractivity contribution in [3.63, 3.8) is 0 Å². The van der Waals surface area contributed by atoms with Crippen LogP contribution in [0, 0.1) is 6.92 Å². The number of nitrogen functional groups attached to an aromatic ring is 1. The van der Waals surface area contributed by atoms with E-state index in [1.165, 1.54) is 0 Å². The van der Waals surface area contributed by atoms with Gasteiger partial charge in [-0.25, -0.2) is 4.79 Å². The molecule has 0 unspecified atom stereocenters. The molecule has 0 aliphatic heterocycles. The Bertz CT molecular complexity index is 426. The van der Waals surface area contributed by atoms with E-state index in [4.69, 9.17) is 10.8 Å². The first-order chi connectivity index (χ1) is 8.51. The quantitative estimate of drug-likeness (QED) is 0.759. The van der Waals surface area contributed by atoms with E-state index < -0.39 is 5.97 Å². The third-order valence-electron chi connectivity index (χ3n) is 3.44. The lowest BCUT2D eigenvalue weighted by atomic mass is 9.98. The van der Waals surface area contributed by atoms with E-state index in [-0.39, 0.29) is 0 Å². The van der Waals surface area contributed by atoms with Gasteiger partial charge >= 0.3 is 5.97 Å². The van der Waals surface area contributed by atoms with Crippen LogP contribution in [-0.2, 0) is 6.42 Å². The highest BCUT2D eigenvalue weighted by atomic mass is 16.4. The Morgan fingerprint density at radius 2 is 1.94 bits per heavy atom. The highest BCUT2D eigenvalue weighted by Crippen LogP contribution is 2.21. The van der Waals surface area contributed by atoms with Gasteiger partial charge in [-0.05, 0) is 49.7 Å². The lowest BCUT2D eigenvalue weighted by Gasteiger charge is -2.19. The minimum absolute atomic E-state index is 0.346. The first kappa shape index (κ1) is 14.5. The molecule has 0 amide bonds. The van der Waals surface area contributed by atoms with Crippen LogP contribution in [0.4, 0.5) is 5.69 Å². The Balaban J connectivity index is 2.94.